The molecule has 0 saturated heterocycles. The van der Waals surface area contributed by atoms with Gasteiger partial charge in [0.2, 0.25) is 0 Å². The number of carboxylic acids is 1. The SMILES string of the molecule is Cc1csc(Cc2nc(C(C)(C)C)c(C(=O)O)s2)n1. The Morgan fingerprint density at radius 1 is 1.32 bits per heavy atom. The van der Waals surface area contributed by atoms with Crippen LogP contribution in [0.4, 0.5) is 0 Å². The Labute approximate surface area is 120 Å². The molecule has 0 amide bonds. The van der Waals surface area contributed by atoms with Crippen LogP contribution < -0.4 is 0 Å². The van der Waals surface area contributed by atoms with E-state index in [0.717, 1.165) is 15.7 Å². The van der Waals surface area contributed by atoms with Gasteiger partial charge in [0.1, 0.15) is 9.88 Å². The van der Waals surface area contributed by atoms with Gasteiger partial charge in [-0.2, -0.15) is 0 Å². The van der Waals surface area contributed by atoms with Crippen molar-refractivity contribution >= 4 is 28.6 Å². The van der Waals surface area contributed by atoms with Gasteiger partial charge in [-0.3, -0.25) is 0 Å². The summed E-state index contributed by atoms with van der Waals surface area (Å²) in [5.41, 5.74) is 1.39. The van der Waals surface area contributed by atoms with Crippen molar-refractivity contribution in [1.29, 1.82) is 0 Å². The second kappa shape index (κ2) is 5.02. The van der Waals surface area contributed by atoms with Gasteiger partial charge >= 0.3 is 5.97 Å². The monoisotopic (exact) mass is 296 g/mol. The zero-order valence-electron chi connectivity index (χ0n) is 11.4. The van der Waals surface area contributed by atoms with Crippen LogP contribution in [0.25, 0.3) is 0 Å². The molecule has 2 heterocycles. The lowest BCUT2D eigenvalue weighted by atomic mass is 9.91. The first-order valence-corrected chi connectivity index (χ1v) is 7.61. The normalized spacial score (nSPS) is 11.8. The molecule has 0 fully saturated rings. The van der Waals surface area contributed by atoms with E-state index in [9.17, 15) is 9.90 Å². The van der Waals surface area contributed by atoms with E-state index in [-0.39, 0.29) is 5.41 Å². The Morgan fingerprint density at radius 3 is 2.42 bits per heavy atom. The van der Waals surface area contributed by atoms with Crippen LogP contribution in [0, 0.1) is 6.92 Å². The number of carbonyl (C=O) groups is 1. The predicted octanol–water partition coefficient (Wildman–Crippen LogP) is 3.49. The number of aromatic carboxylic acids is 1. The highest BCUT2D eigenvalue weighted by Crippen LogP contribution is 2.30. The van der Waals surface area contributed by atoms with Crippen LogP contribution in [-0.4, -0.2) is 21.0 Å². The summed E-state index contributed by atoms with van der Waals surface area (Å²) in [6.45, 7) is 7.88. The van der Waals surface area contributed by atoms with Crippen molar-refractivity contribution in [2.45, 2.75) is 39.5 Å². The van der Waals surface area contributed by atoms with Gasteiger partial charge in [-0.15, -0.1) is 22.7 Å². The fourth-order valence-electron chi connectivity index (χ4n) is 1.71. The number of carboxylic acid groups (broad SMARTS) is 1. The Kier molecular flexibility index (Phi) is 3.73. The topological polar surface area (TPSA) is 63.1 Å². The van der Waals surface area contributed by atoms with E-state index >= 15 is 0 Å². The highest BCUT2D eigenvalue weighted by molar-refractivity contribution is 7.14. The molecule has 0 aliphatic carbocycles. The third-order valence-electron chi connectivity index (χ3n) is 2.55. The standard InChI is InChI=1S/C13H16N2O2S2/c1-7-6-18-8(14-7)5-9-15-11(13(2,3)4)10(19-9)12(16)17/h6H,5H2,1-4H3,(H,16,17). The van der Waals surface area contributed by atoms with Crippen LogP contribution >= 0.6 is 22.7 Å². The van der Waals surface area contributed by atoms with E-state index in [1.165, 1.54) is 11.3 Å². The summed E-state index contributed by atoms with van der Waals surface area (Å²) < 4.78 is 0. The summed E-state index contributed by atoms with van der Waals surface area (Å²) in [5.74, 6) is -0.899. The molecule has 4 nitrogen and oxygen atoms in total. The van der Waals surface area contributed by atoms with Crippen molar-refractivity contribution in [2.75, 3.05) is 0 Å². The fraction of sp³-hybridized carbons (Fsp3) is 0.462. The molecule has 102 valence electrons. The van der Waals surface area contributed by atoms with E-state index in [1.54, 1.807) is 11.3 Å². The summed E-state index contributed by atoms with van der Waals surface area (Å²) in [5, 5.41) is 13.1. The van der Waals surface area contributed by atoms with Crippen LogP contribution in [0.2, 0.25) is 0 Å². The fourth-order valence-corrected chi connectivity index (χ4v) is 3.69. The summed E-state index contributed by atoms with van der Waals surface area (Å²) in [4.78, 5) is 20.5. The molecule has 6 heteroatoms. The van der Waals surface area contributed by atoms with E-state index in [1.807, 2.05) is 33.1 Å². The molecule has 2 aromatic rings. The summed E-state index contributed by atoms with van der Waals surface area (Å²) in [7, 11) is 0. The first-order valence-electron chi connectivity index (χ1n) is 5.92. The molecule has 1 N–H and O–H groups in total. The molecule has 0 bridgehead atoms. The predicted molar refractivity (Wildman–Crippen MR) is 77.4 cm³/mol. The minimum atomic E-state index is -0.899. The summed E-state index contributed by atoms with van der Waals surface area (Å²) >= 11 is 2.84. The maximum Gasteiger partial charge on any atom is 0.347 e. The Hall–Kier alpha value is -1.27. The van der Waals surface area contributed by atoms with Gasteiger partial charge in [0.05, 0.1) is 17.1 Å². The van der Waals surface area contributed by atoms with Crippen molar-refractivity contribution in [3.63, 3.8) is 0 Å². The third-order valence-corrected chi connectivity index (χ3v) is 4.56. The maximum atomic E-state index is 11.3. The molecule has 2 rings (SSSR count). The van der Waals surface area contributed by atoms with E-state index in [0.29, 0.717) is 17.0 Å². The van der Waals surface area contributed by atoms with Gasteiger partial charge in [-0.1, -0.05) is 20.8 Å². The van der Waals surface area contributed by atoms with E-state index in [2.05, 4.69) is 9.97 Å². The van der Waals surface area contributed by atoms with Crippen molar-refractivity contribution in [3.8, 4) is 0 Å². The molecule has 0 aliphatic heterocycles. The largest absolute Gasteiger partial charge is 0.477 e. The van der Waals surface area contributed by atoms with Crippen molar-refractivity contribution in [1.82, 2.24) is 9.97 Å². The number of nitrogens with zero attached hydrogens (tertiary/aromatic N) is 2. The minimum Gasteiger partial charge on any atom is -0.477 e. The number of rotatable bonds is 3. The number of thiazole rings is 2. The lowest BCUT2D eigenvalue weighted by Gasteiger charge is -2.15. The van der Waals surface area contributed by atoms with Gasteiger partial charge in [0, 0.05) is 16.5 Å². The van der Waals surface area contributed by atoms with Crippen LogP contribution in [-0.2, 0) is 11.8 Å². The highest BCUT2D eigenvalue weighted by Gasteiger charge is 2.27. The molecular weight excluding hydrogens is 280 g/mol. The number of aromatic nitrogens is 2. The van der Waals surface area contributed by atoms with E-state index < -0.39 is 5.97 Å². The molecule has 0 atom stereocenters. The smallest absolute Gasteiger partial charge is 0.347 e. The molecule has 0 spiro atoms. The van der Waals surface area contributed by atoms with E-state index in [4.69, 9.17) is 0 Å². The molecule has 2 aromatic heterocycles. The molecule has 0 radical (unpaired) electrons. The third kappa shape index (κ3) is 3.19. The summed E-state index contributed by atoms with van der Waals surface area (Å²) in [6.07, 6.45) is 0.611. The minimum absolute atomic E-state index is 0.263. The first kappa shape index (κ1) is 14.1. The number of hydrogen-bond donors (Lipinski definition) is 1. The van der Waals surface area contributed by atoms with Crippen LogP contribution in [0.15, 0.2) is 5.38 Å². The number of hydrogen-bond acceptors (Lipinski definition) is 5. The van der Waals surface area contributed by atoms with Crippen molar-refractivity contribution < 1.29 is 9.90 Å². The zero-order valence-corrected chi connectivity index (χ0v) is 13.0. The summed E-state index contributed by atoms with van der Waals surface area (Å²) in [6, 6.07) is 0. The van der Waals surface area contributed by atoms with Crippen LogP contribution in [0.3, 0.4) is 0 Å². The van der Waals surface area contributed by atoms with Gasteiger partial charge < -0.3 is 5.11 Å². The molecular formula is C13H16N2O2S2. The Balaban J connectivity index is 2.35. The molecule has 0 saturated carbocycles. The average molecular weight is 296 g/mol. The Morgan fingerprint density at radius 2 is 2.00 bits per heavy atom. The van der Waals surface area contributed by atoms with Gasteiger partial charge in [0.25, 0.3) is 0 Å². The van der Waals surface area contributed by atoms with Crippen LogP contribution in [0.1, 0.15) is 51.8 Å². The second-order valence-electron chi connectivity index (χ2n) is 5.40. The lowest BCUT2D eigenvalue weighted by Crippen LogP contribution is -2.16. The molecule has 19 heavy (non-hydrogen) atoms. The van der Waals surface area contributed by atoms with Crippen LogP contribution in [0.5, 0.6) is 0 Å². The van der Waals surface area contributed by atoms with Gasteiger partial charge in [-0.05, 0) is 6.92 Å². The molecule has 0 aliphatic rings. The van der Waals surface area contributed by atoms with Crippen molar-refractivity contribution in [3.05, 3.63) is 31.7 Å². The number of aryl methyl sites for hydroxylation is 1. The quantitative estimate of drug-likeness (QED) is 0.941. The highest BCUT2D eigenvalue weighted by atomic mass is 32.1. The van der Waals surface area contributed by atoms with Gasteiger partial charge in [0.15, 0.2) is 0 Å². The first-order chi connectivity index (χ1) is 8.77. The second-order valence-corrected chi connectivity index (χ2v) is 7.43. The van der Waals surface area contributed by atoms with Crippen molar-refractivity contribution in [2.24, 2.45) is 0 Å². The van der Waals surface area contributed by atoms with Gasteiger partial charge in [-0.25, -0.2) is 14.8 Å². The molecule has 0 unspecified atom stereocenters. The lowest BCUT2D eigenvalue weighted by molar-refractivity contribution is 0.0699. The average Bonchev–Trinajstić information content (AvgIpc) is 2.85. The maximum absolute atomic E-state index is 11.3. The Bertz CT molecular complexity index is 608. The molecule has 0 aromatic carbocycles. The zero-order chi connectivity index (χ0) is 14.2.